The number of rotatable bonds is 8. The fourth-order valence-electron chi connectivity index (χ4n) is 2.96. The molecule has 31 heavy (non-hydrogen) atoms. The van der Waals surface area contributed by atoms with Crippen molar-refractivity contribution in [1.29, 1.82) is 0 Å². The van der Waals surface area contributed by atoms with Crippen LogP contribution < -0.4 is 10.6 Å². The highest BCUT2D eigenvalue weighted by molar-refractivity contribution is 5.91. The summed E-state index contributed by atoms with van der Waals surface area (Å²) in [5.74, 6) is 1.84. The fourth-order valence-corrected chi connectivity index (χ4v) is 2.96. The quantitative estimate of drug-likeness (QED) is 0.455. The van der Waals surface area contributed by atoms with Crippen molar-refractivity contribution < 1.29 is 9.53 Å². The molecular weight excluding hydrogens is 392 g/mol. The zero-order chi connectivity index (χ0) is 21.5. The van der Waals surface area contributed by atoms with Gasteiger partial charge in [0.2, 0.25) is 5.91 Å². The number of carbonyl (C=O) groups excluding carboxylic acids is 1. The number of carbonyl (C=O) groups is 1. The third-order valence-corrected chi connectivity index (χ3v) is 4.38. The predicted octanol–water partition coefficient (Wildman–Crippen LogP) is 3.87. The van der Waals surface area contributed by atoms with Crippen LogP contribution in [0.25, 0.3) is 5.82 Å². The summed E-state index contributed by atoms with van der Waals surface area (Å²) in [7, 11) is 0. The molecule has 0 aliphatic rings. The van der Waals surface area contributed by atoms with Crippen LogP contribution in [0.3, 0.4) is 0 Å². The van der Waals surface area contributed by atoms with Crippen LogP contribution in [0.1, 0.15) is 11.4 Å². The van der Waals surface area contributed by atoms with Gasteiger partial charge in [0.05, 0.1) is 6.61 Å². The van der Waals surface area contributed by atoms with Crippen molar-refractivity contribution in [1.82, 2.24) is 19.5 Å². The maximum atomic E-state index is 12.1. The lowest BCUT2D eigenvalue weighted by Crippen LogP contribution is -2.18. The van der Waals surface area contributed by atoms with Crippen LogP contribution in [-0.2, 0) is 16.1 Å². The average molecular weight is 414 g/mol. The van der Waals surface area contributed by atoms with E-state index in [0.29, 0.717) is 23.9 Å². The van der Waals surface area contributed by atoms with Crippen LogP contribution in [0, 0.1) is 6.92 Å². The summed E-state index contributed by atoms with van der Waals surface area (Å²) in [4.78, 5) is 25.0. The number of anilines is 3. The van der Waals surface area contributed by atoms with E-state index in [9.17, 15) is 4.79 Å². The Bertz CT molecular complexity index is 1130. The summed E-state index contributed by atoms with van der Waals surface area (Å²) >= 11 is 0. The third kappa shape index (κ3) is 5.74. The van der Waals surface area contributed by atoms with Crippen molar-refractivity contribution in [2.45, 2.75) is 13.5 Å². The molecule has 156 valence electrons. The van der Waals surface area contributed by atoms with Crippen LogP contribution in [0.5, 0.6) is 0 Å². The number of aromatic nitrogens is 4. The molecule has 0 bridgehead atoms. The lowest BCUT2D eigenvalue weighted by molar-refractivity contribution is -0.121. The zero-order valence-corrected chi connectivity index (χ0v) is 17.0. The minimum Gasteiger partial charge on any atom is -0.367 e. The molecule has 0 saturated carbocycles. The van der Waals surface area contributed by atoms with Gasteiger partial charge in [-0.25, -0.2) is 15.0 Å². The van der Waals surface area contributed by atoms with Crippen LogP contribution >= 0.6 is 0 Å². The first-order valence-electron chi connectivity index (χ1n) is 9.78. The van der Waals surface area contributed by atoms with Crippen LogP contribution in [0.15, 0.2) is 79.4 Å². The normalized spacial score (nSPS) is 10.6. The van der Waals surface area contributed by atoms with Crippen LogP contribution in [0.2, 0.25) is 0 Å². The van der Waals surface area contributed by atoms with Crippen molar-refractivity contribution >= 4 is 23.1 Å². The summed E-state index contributed by atoms with van der Waals surface area (Å²) in [6.45, 7) is 2.23. The van der Waals surface area contributed by atoms with Gasteiger partial charge in [0.15, 0.2) is 0 Å². The number of hydrogen-bond donors (Lipinski definition) is 2. The maximum Gasteiger partial charge on any atom is 0.250 e. The number of aryl methyl sites for hydroxylation is 1. The first-order chi connectivity index (χ1) is 15.2. The highest BCUT2D eigenvalue weighted by atomic mass is 16.5. The number of ether oxygens (including phenoxy) is 1. The molecule has 0 radical (unpaired) electrons. The molecule has 0 aliphatic heterocycles. The molecule has 0 atom stereocenters. The SMILES string of the molecule is Cc1nc(Nc2ccc(NC(=O)COCc3ccccc3)cc2)cc(-n2ccnc2)n1. The lowest BCUT2D eigenvalue weighted by atomic mass is 10.2. The second-order valence-corrected chi connectivity index (χ2v) is 6.86. The zero-order valence-electron chi connectivity index (χ0n) is 17.0. The molecule has 0 unspecified atom stereocenters. The molecule has 8 nitrogen and oxygen atoms in total. The van der Waals surface area contributed by atoms with Gasteiger partial charge in [-0.05, 0) is 36.8 Å². The standard InChI is InChI=1S/C23H22N6O2/c1-17-25-21(13-22(26-17)29-12-11-24-16-29)27-19-7-9-20(10-8-19)28-23(30)15-31-14-18-5-3-2-4-6-18/h2-13,16H,14-15H2,1H3,(H,28,30)(H,25,26,27). The monoisotopic (exact) mass is 414 g/mol. The molecular formula is C23H22N6O2. The van der Waals surface area contributed by atoms with Crippen molar-refractivity contribution in [3.8, 4) is 5.82 Å². The molecule has 2 aromatic carbocycles. The minimum absolute atomic E-state index is 0.00780. The smallest absolute Gasteiger partial charge is 0.250 e. The molecule has 1 amide bonds. The van der Waals surface area contributed by atoms with Gasteiger partial charge >= 0.3 is 0 Å². The maximum absolute atomic E-state index is 12.1. The van der Waals surface area contributed by atoms with Gasteiger partial charge in [0.1, 0.15) is 30.4 Å². The summed E-state index contributed by atoms with van der Waals surface area (Å²) in [6, 6.07) is 19.0. The summed E-state index contributed by atoms with van der Waals surface area (Å²) in [5, 5.41) is 6.09. The molecule has 2 heterocycles. The van der Waals surface area contributed by atoms with Crippen LogP contribution in [-0.4, -0.2) is 32.0 Å². The Morgan fingerprint density at radius 2 is 1.81 bits per heavy atom. The van der Waals surface area contributed by atoms with E-state index in [4.69, 9.17) is 4.74 Å². The van der Waals surface area contributed by atoms with Gasteiger partial charge in [-0.2, -0.15) is 0 Å². The van der Waals surface area contributed by atoms with Gasteiger partial charge in [-0.3, -0.25) is 9.36 Å². The van der Waals surface area contributed by atoms with Gasteiger partial charge in [0, 0.05) is 29.8 Å². The largest absolute Gasteiger partial charge is 0.367 e. The van der Waals surface area contributed by atoms with E-state index in [1.807, 2.05) is 78.4 Å². The molecule has 0 fully saturated rings. The lowest BCUT2D eigenvalue weighted by Gasteiger charge is -2.10. The first-order valence-corrected chi connectivity index (χ1v) is 9.78. The van der Waals surface area contributed by atoms with Gasteiger partial charge in [-0.15, -0.1) is 0 Å². The van der Waals surface area contributed by atoms with Gasteiger partial charge < -0.3 is 15.4 Å². The molecule has 4 aromatic rings. The van der Waals surface area contributed by atoms with Crippen molar-refractivity contribution in [2.24, 2.45) is 0 Å². The van der Waals surface area contributed by atoms with E-state index in [2.05, 4.69) is 25.6 Å². The number of benzene rings is 2. The number of imidazole rings is 1. The Labute approximate surface area is 180 Å². The summed E-state index contributed by atoms with van der Waals surface area (Å²) in [6.07, 6.45) is 5.21. The molecule has 0 saturated heterocycles. The van der Waals surface area contributed by atoms with Crippen molar-refractivity contribution in [3.63, 3.8) is 0 Å². The van der Waals surface area contributed by atoms with Crippen molar-refractivity contribution in [3.05, 3.63) is 90.8 Å². The second kappa shape index (κ2) is 9.64. The van der Waals surface area contributed by atoms with E-state index < -0.39 is 0 Å². The van der Waals surface area contributed by atoms with Crippen molar-refractivity contribution in [2.75, 3.05) is 17.2 Å². The van der Waals surface area contributed by atoms with Gasteiger partial charge in [-0.1, -0.05) is 30.3 Å². The van der Waals surface area contributed by atoms with Crippen LogP contribution in [0.4, 0.5) is 17.2 Å². The Kier molecular flexibility index (Phi) is 6.29. The molecule has 0 spiro atoms. The predicted molar refractivity (Wildman–Crippen MR) is 118 cm³/mol. The number of amides is 1. The molecule has 0 aliphatic carbocycles. The number of hydrogen-bond acceptors (Lipinski definition) is 6. The number of nitrogens with zero attached hydrogens (tertiary/aromatic N) is 4. The Balaban J connectivity index is 1.32. The van der Waals surface area contributed by atoms with E-state index in [1.165, 1.54) is 0 Å². The summed E-state index contributed by atoms with van der Waals surface area (Å²) in [5.41, 5.74) is 2.56. The molecule has 2 aromatic heterocycles. The highest BCUT2D eigenvalue weighted by Gasteiger charge is 2.06. The van der Waals surface area contributed by atoms with E-state index >= 15 is 0 Å². The molecule has 4 rings (SSSR count). The average Bonchev–Trinajstić information content (AvgIpc) is 3.31. The highest BCUT2D eigenvalue weighted by Crippen LogP contribution is 2.19. The topological polar surface area (TPSA) is 94.0 Å². The van der Waals surface area contributed by atoms with E-state index in [0.717, 1.165) is 17.1 Å². The molecule has 8 heteroatoms. The van der Waals surface area contributed by atoms with Gasteiger partial charge in [0.25, 0.3) is 0 Å². The summed E-state index contributed by atoms with van der Waals surface area (Å²) < 4.78 is 7.28. The van der Waals surface area contributed by atoms with E-state index in [1.54, 1.807) is 12.5 Å². The Hall–Kier alpha value is -4.04. The first kappa shape index (κ1) is 20.2. The Morgan fingerprint density at radius 1 is 1.03 bits per heavy atom. The number of nitrogens with one attached hydrogen (secondary N) is 2. The fraction of sp³-hybridized carbons (Fsp3) is 0.130. The van der Waals surface area contributed by atoms with E-state index in [-0.39, 0.29) is 12.5 Å². The second-order valence-electron chi connectivity index (χ2n) is 6.86. The Morgan fingerprint density at radius 3 is 2.55 bits per heavy atom. The molecule has 2 N–H and O–H groups in total. The third-order valence-electron chi connectivity index (χ3n) is 4.38. The minimum atomic E-state index is -0.201.